The number of anilines is 1. The number of amides is 2. The van der Waals surface area contributed by atoms with Crippen molar-refractivity contribution in [3.63, 3.8) is 0 Å². The summed E-state index contributed by atoms with van der Waals surface area (Å²) in [5, 5.41) is 24.5. The normalized spacial score (nSPS) is 19.5. The summed E-state index contributed by atoms with van der Waals surface area (Å²) in [6.07, 6.45) is 0. The summed E-state index contributed by atoms with van der Waals surface area (Å²) in [6, 6.07) is 9.26. The van der Waals surface area contributed by atoms with E-state index in [0.717, 1.165) is 17.3 Å². The van der Waals surface area contributed by atoms with Crippen LogP contribution in [0, 0.1) is 40.9 Å². The molecule has 1 aliphatic rings. The second kappa shape index (κ2) is 8.04. The highest BCUT2D eigenvalue weighted by Gasteiger charge is 2.45. The maximum Gasteiger partial charge on any atom is 0.243 e. The Morgan fingerprint density at radius 2 is 2.07 bits per heavy atom. The van der Waals surface area contributed by atoms with E-state index in [4.69, 9.17) is 11.6 Å². The molecule has 0 unspecified atom stereocenters. The molecule has 0 radical (unpaired) electrons. The van der Waals surface area contributed by atoms with Gasteiger partial charge in [0.2, 0.25) is 11.8 Å². The smallest absolute Gasteiger partial charge is 0.243 e. The van der Waals surface area contributed by atoms with Gasteiger partial charge in [-0.05, 0) is 31.5 Å². The Kier molecular flexibility index (Phi) is 6.20. The van der Waals surface area contributed by atoms with Gasteiger partial charge in [-0.3, -0.25) is 9.59 Å². The average Bonchev–Trinajstić information content (AvgIpc) is 2.58. The van der Waals surface area contributed by atoms with Gasteiger partial charge in [0.05, 0.1) is 28.0 Å². The van der Waals surface area contributed by atoms with Gasteiger partial charge >= 0.3 is 0 Å². The molecule has 0 spiro atoms. The summed E-state index contributed by atoms with van der Waals surface area (Å²) < 4.78 is 0. The first-order valence-corrected chi connectivity index (χ1v) is 9.47. The Morgan fingerprint density at radius 1 is 1.41 bits per heavy atom. The summed E-state index contributed by atoms with van der Waals surface area (Å²) >= 11 is 7.15. The predicted octanol–water partition coefficient (Wildman–Crippen LogP) is 3.74. The number of allylic oxidation sites excluding steroid dienone is 1. The zero-order valence-electron chi connectivity index (χ0n) is 15.4. The van der Waals surface area contributed by atoms with Gasteiger partial charge in [0, 0.05) is 16.1 Å². The highest BCUT2D eigenvalue weighted by Crippen LogP contribution is 2.42. The third kappa shape index (κ3) is 4.10. The van der Waals surface area contributed by atoms with E-state index in [1.54, 1.807) is 45.9 Å². The lowest BCUT2D eigenvalue weighted by Crippen LogP contribution is -2.45. The third-order valence-electron chi connectivity index (χ3n) is 4.52. The maximum atomic E-state index is 12.6. The van der Waals surface area contributed by atoms with E-state index in [1.807, 2.05) is 6.07 Å². The fourth-order valence-electron chi connectivity index (χ4n) is 2.72. The van der Waals surface area contributed by atoms with Gasteiger partial charge in [-0.25, -0.2) is 0 Å². The van der Waals surface area contributed by atoms with E-state index in [-0.39, 0.29) is 11.5 Å². The molecule has 1 aromatic carbocycles. The van der Waals surface area contributed by atoms with Crippen molar-refractivity contribution in [3.8, 4) is 12.1 Å². The van der Waals surface area contributed by atoms with Gasteiger partial charge in [0.15, 0.2) is 0 Å². The summed E-state index contributed by atoms with van der Waals surface area (Å²) in [7, 11) is 0. The largest absolute Gasteiger partial charge is 0.325 e. The number of carbonyl (C=O) groups is 2. The minimum atomic E-state index is -0.963. The number of rotatable bonds is 4. The van der Waals surface area contributed by atoms with E-state index >= 15 is 0 Å². The van der Waals surface area contributed by atoms with Gasteiger partial charge in [-0.15, -0.1) is 0 Å². The van der Waals surface area contributed by atoms with Crippen molar-refractivity contribution in [2.24, 2.45) is 11.3 Å². The summed E-state index contributed by atoms with van der Waals surface area (Å²) in [6.45, 7) is 6.84. The van der Waals surface area contributed by atoms with Crippen molar-refractivity contribution in [2.75, 3.05) is 5.32 Å². The molecule has 6 nitrogen and oxygen atoms in total. The minimum absolute atomic E-state index is 0.287. The second-order valence-electron chi connectivity index (χ2n) is 6.75. The second-order valence-corrected chi connectivity index (χ2v) is 8.51. The van der Waals surface area contributed by atoms with Crippen LogP contribution in [0.5, 0.6) is 0 Å². The maximum absolute atomic E-state index is 12.6. The summed E-state index contributed by atoms with van der Waals surface area (Å²) in [4.78, 5) is 24.8. The zero-order chi connectivity index (χ0) is 20.4. The van der Waals surface area contributed by atoms with Crippen LogP contribution in [0.1, 0.15) is 26.3 Å². The third-order valence-corrected chi connectivity index (χ3v) is 6.04. The lowest BCUT2D eigenvalue weighted by molar-refractivity contribution is -0.125. The van der Waals surface area contributed by atoms with E-state index in [9.17, 15) is 20.1 Å². The number of benzene rings is 1. The molecule has 0 saturated heterocycles. The molecular formula is C19H19ClN4O2S. The number of nitriles is 2. The molecule has 2 amide bonds. The fraction of sp³-hybridized carbons (Fsp3) is 0.368. The van der Waals surface area contributed by atoms with Crippen molar-refractivity contribution in [2.45, 2.75) is 32.9 Å². The van der Waals surface area contributed by atoms with Crippen LogP contribution in [0.15, 0.2) is 28.8 Å². The Morgan fingerprint density at radius 3 is 2.67 bits per heavy atom. The van der Waals surface area contributed by atoms with Crippen LogP contribution in [0.3, 0.4) is 0 Å². The first-order valence-electron chi connectivity index (χ1n) is 8.21. The quantitative estimate of drug-likeness (QED) is 0.797. The first-order chi connectivity index (χ1) is 12.6. The standard InChI is InChI=1S/C19H19ClN4O2S/c1-10-14(20)6-5-7-15(10)23-16(25)11(2)27-18-13(9-22)19(3,4)12(8-21)17(26)24-18/h5-7,11-12H,1-4H3,(H,23,25)(H,24,26)/t11-,12-/m1/s1. The molecule has 0 fully saturated rings. The lowest BCUT2D eigenvalue weighted by Gasteiger charge is -2.35. The van der Waals surface area contributed by atoms with Gasteiger partial charge < -0.3 is 10.6 Å². The predicted molar refractivity (Wildman–Crippen MR) is 106 cm³/mol. The molecule has 1 heterocycles. The minimum Gasteiger partial charge on any atom is -0.325 e. The molecular weight excluding hydrogens is 384 g/mol. The topological polar surface area (TPSA) is 106 Å². The molecule has 0 bridgehead atoms. The zero-order valence-corrected chi connectivity index (χ0v) is 17.0. The molecule has 0 aliphatic carbocycles. The van der Waals surface area contributed by atoms with E-state index in [0.29, 0.717) is 15.7 Å². The highest BCUT2D eigenvalue weighted by atomic mass is 35.5. The Bertz CT molecular complexity index is 911. The number of thioether (sulfide) groups is 1. The average molecular weight is 403 g/mol. The molecule has 8 heteroatoms. The highest BCUT2D eigenvalue weighted by molar-refractivity contribution is 8.04. The van der Waals surface area contributed by atoms with Gasteiger partial charge in [0.25, 0.3) is 0 Å². The van der Waals surface area contributed by atoms with Crippen LogP contribution in [-0.2, 0) is 9.59 Å². The summed E-state index contributed by atoms with van der Waals surface area (Å²) in [5.74, 6) is -1.72. The SMILES string of the molecule is Cc1c(Cl)cccc1NC(=O)[C@@H](C)SC1=C(C#N)C(C)(C)[C@H](C#N)C(=O)N1. The number of nitrogens with one attached hydrogen (secondary N) is 2. The van der Waals surface area contributed by atoms with Crippen LogP contribution in [0.25, 0.3) is 0 Å². The number of halogens is 1. The monoisotopic (exact) mass is 402 g/mol. The Labute approximate surface area is 167 Å². The molecule has 1 aliphatic heterocycles. The molecule has 0 saturated carbocycles. The van der Waals surface area contributed by atoms with Gasteiger partial charge in [-0.1, -0.05) is 43.3 Å². The van der Waals surface area contributed by atoms with Crippen LogP contribution in [0.2, 0.25) is 5.02 Å². The number of nitrogens with zero attached hydrogens (tertiary/aromatic N) is 2. The van der Waals surface area contributed by atoms with Gasteiger partial charge in [0.1, 0.15) is 5.92 Å². The van der Waals surface area contributed by atoms with E-state index in [1.165, 1.54) is 0 Å². The van der Waals surface area contributed by atoms with E-state index in [2.05, 4.69) is 16.7 Å². The molecule has 2 atom stereocenters. The Hall–Kier alpha value is -2.48. The molecule has 27 heavy (non-hydrogen) atoms. The van der Waals surface area contributed by atoms with Crippen molar-refractivity contribution in [1.29, 1.82) is 10.5 Å². The molecule has 140 valence electrons. The van der Waals surface area contributed by atoms with E-state index < -0.39 is 22.5 Å². The van der Waals surface area contributed by atoms with Crippen LogP contribution in [0.4, 0.5) is 5.69 Å². The van der Waals surface area contributed by atoms with Crippen LogP contribution < -0.4 is 10.6 Å². The number of hydrogen-bond donors (Lipinski definition) is 2. The Balaban J connectivity index is 2.24. The molecule has 1 aromatic rings. The van der Waals surface area contributed by atoms with Crippen molar-refractivity contribution < 1.29 is 9.59 Å². The number of hydrogen-bond acceptors (Lipinski definition) is 5. The number of carbonyl (C=O) groups excluding carboxylic acids is 2. The summed E-state index contributed by atoms with van der Waals surface area (Å²) in [5.41, 5.74) is 0.711. The van der Waals surface area contributed by atoms with Crippen molar-refractivity contribution in [1.82, 2.24) is 5.32 Å². The molecule has 2 rings (SSSR count). The fourth-order valence-corrected chi connectivity index (χ4v) is 4.00. The van der Waals surface area contributed by atoms with Gasteiger partial charge in [-0.2, -0.15) is 10.5 Å². The molecule has 0 aromatic heterocycles. The van der Waals surface area contributed by atoms with Crippen molar-refractivity contribution in [3.05, 3.63) is 39.4 Å². The van der Waals surface area contributed by atoms with Crippen LogP contribution >= 0.6 is 23.4 Å². The lowest BCUT2D eigenvalue weighted by atomic mass is 9.72. The first kappa shape index (κ1) is 20.8. The van der Waals surface area contributed by atoms with Crippen LogP contribution in [-0.4, -0.2) is 17.1 Å². The molecule has 2 N–H and O–H groups in total. The van der Waals surface area contributed by atoms with Crippen molar-refractivity contribution >= 4 is 40.9 Å².